The average Bonchev–Trinajstić information content (AvgIpc) is 2.19. The van der Waals surface area contributed by atoms with Gasteiger partial charge in [0.2, 0.25) is 5.91 Å². The van der Waals surface area contributed by atoms with Crippen molar-refractivity contribution in [1.82, 2.24) is 0 Å². The summed E-state index contributed by atoms with van der Waals surface area (Å²) in [6, 6.07) is 6.12. The zero-order chi connectivity index (χ0) is 13.1. The van der Waals surface area contributed by atoms with E-state index >= 15 is 0 Å². The first kappa shape index (κ1) is 13.3. The smallest absolute Gasteiger partial charge is 0.397 e. The topological polar surface area (TPSA) is 46.3 Å². The summed E-state index contributed by atoms with van der Waals surface area (Å²) in [4.78, 5) is 12.5. The molecule has 0 aliphatic rings. The zero-order valence-electron chi connectivity index (χ0n) is 9.29. The van der Waals surface area contributed by atoms with E-state index in [0.29, 0.717) is 11.4 Å². The average molecular weight is 246 g/mol. The van der Waals surface area contributed by atoms with Gasteiger partial charge in [0.15, 0.2) is 0 Å². The van der Waals surface area contributed by atoms with Crippen LogP contribution in [0.25, 0.3) is 0 Å². The quantitative estimate of drug-likeness (QED) is 0.833. The Morgan fingerprint density at radius 2 is 1.82 bits per heavy atom. The summed E-state index contributed by atoms with van der Waals surface area (Å²) in [7, 11) is 0. The lowest BCUT2D eigenvalue weighted by Gasteiger charge is -2.21. The first-order valence-electron chi connectivity index (χ1n) is 5.06. The highest BCUT2D eigenvalue weighted by Gasteiger charge is 2.33. The molecule has 94 valence electrons. The van der Waals surface area contributed by atoms with Crippen molar-refractivity contribution in [3.63, 3.8) is 0 Å². The summed E-state index contributed by atoms with van der Waals surface area (Å²) < 4.78 is 36.3. The molecule has 0 saturated heterocycles. The van der Waals surface area contributed by atoms with Crippen LogP contribution in [0.15, 0.2) is 24.3 Å². The van der Waals surface area contributed by atoms with Gasteiger partial charge in [0, 0.05) is 17.9 Å². The highest BCUT2D eigenvalue weighted by molar-refractivity contribution is 5.93. The molecule has 0 bridgehead atoms. The summed E-state index contributed by atoms with van der Waals surface area (Å²) in [5.41, 5.74) is 6.37. The Balaban J connectivity index is 2.84. The number of carbonyl (C=O) groups is 1. The number of benzene rings is 1. The number of halogens is 3. The number of nitrogens with zero attached hydrogens (tertiary/aromatic N) is 1. The minimum Gasteiger partial charge on any atom is -0.399 e. The molecule has 17 heavy (non-hydrogen) atoms. The van der Waals surface area contributed by atoms with Crippen molar-refractivity contribution in [1.29, 1.82) is 0 Å². The van der Waals surface area contributed by atoms with Gasteiger partial charge in [0.05, 0.1) is 0 Å². The Labute approximate surface area is 97.0 Å². The van der Waals surface area contributed by atoms with Gasteiger partial charge in [-0.05, 0) is 31.2 Å². The molecular formula is C11H13F3N2O. The molecule has 0 heterocycles. The molecule has 1 rings (SSSR count). The Hall–Kier alpha value is -1.72. The van der Waals surface area contributed by atoms with Gasteiger partial charge < -0.3 is 10.6 Å². The number of nitrogens with two attached hydrogens (primary N) is 1. The standard InChI is InChI=1S/C11H13F3N2O/c1-2-16(10(17)7-11(12,13)14)9-5-3-8(15)4-6-9/h3-6H,2,7,15H2,1H3. The maximum absolute atomic E-state index is 12.1. The molecule has 0 spiro atoms. The van der Waals surface area contributed by atoms with E-state index in [1.165, 1.54) is 12.1 Å². The van der Waals surface area contributed by atoms with Crippen LogP contribution in [0.3, 0.4) is 0 Å². The summed E-state index contributed by atoms with van der Waals surface area (Å²) in [6.07, 6.45) is -5.94. The molecule has 0 aliphatic heterocycles. The number of amides is 1. The number of anilines is 2. The minimum absolute atomic E-state index is 0.179. The van der Waals surface area contributed by atoms with E-state index in [0.717, 1.165) is 4.90 Å². The SMILES string of the molecule is CCN(C(=O)CC(F)(F)F)c1ccc(N)cc1. The van der Waals surface area contributed by atoms with Crippen LogP contribution in [0.2, 0.25) is 0 Å². The number of nitrogen functional groups attached to an aromatic ring is 1. The normalized spacial score (nSPS) is 11.3. The van der Waals surface area contributed by atoms with Crippen molar-refractivity contribution < 1.29 is 18.0 Å². The van der Waals surface area contributed by atoms with E-state index in [-0.39, 0.29) is 6.54 Å². The summed E-state index contributed by atoms with van der Waals surface area (Å²) in [6.45, 7) is 1.80. The van der Waals surface area contributed by atoms with Crippen LogP contribution in [0.5, 0.6) is 0 Å². The highest BCUT2D eigenvalue weighted by Crippen LogP contribution is 2.23. The van der Waals surface area contributed by atoms with Crippen molar-refractivity contribution in [2.75, 3.05) is 17.2 Å². The van der Waals surface area contributed by atoms with E-state index in [4.69, 9.17) is 5.73 Å². The third-order valence-corrected chi connectivity index (χ3v) is 2.17. The Bertz CT molecular complexity index is 387. The number of hydrogen-bond donors (Lipinski definition) is 1. The van der Waals surface area contributed by atoms with Gasteiger partial charge in [-0.1, -0.05) is 0 Å². The summed E-state index contributed by atoms with van der Waals surface area (Å²) >= 11 is 0. The van der Waals surface area contributed by atoms with E-state index in [1.54, 1.807) is 19.1 Å². The summed E-state index contributed by atoms with van der Waals surface area (Å²) in [5.74, 6) is -0.968. The van der Waals surface area contributed by atoms with Crippen LogP contribution in [-0.4, -0.2) is 18.6 Å². The van der Waals surface area contributed by atoms with Crippen molar-refractivity contribution in [3.8, 4) is 0 Å². The maximum atomic E-state index is 12.1. The Kier molecular flexibility index (Phi) is 3.98. The lowest BCUT2D eigenvalue weighted by molar-refractivity contribution is -0.151. The fraction of sp³-hybridized carbons (Fsp3) is 0.364. The molecular weight excluding hydrogens is 233 g/mol. The molecule has 6 heteroatoms. The lowest BCUT2D eigenvalue weighted by atomic mass is 10.2. The zero-order valence-corrected chi connectivity index (χ0v) is 9.29. The summed E-state index contributed by atoms with van der Waals surface area (Å²) in [5, 5.41) is 0. The van der Waals surface area contributed by atoms with Gasteiger partial charge in [-0.2, -0.15) is 13.2 Å². The predicted molar refractivity (Wildman–Crippen MR) is 59.6 cm³/mol. The molecule has 0 radical (unpaired) electrons. The van der Waals surface area contributed by atoms with Crippen molar-refractivity contribution in [3.05, 3.63) is 24.3 Å². The van der Waals surface area contributed by atoms with Gasteiger partial charge in [0.25, 0.3) is 0 Å². The van der Waals surface area contributed by atoms with Crippen LogP contribution in [0, 0.1) is 0 Å². The third-order valence-electron chi connectivity index (χ3n) is 2.17. The molecule has 2 N–H and O–H groups in total. The first-order valence-corrected chi connectivity index (χ1v) is 5.06. The Morgan fingerprint density at radius 1 is 1.29 bits per heavy atom. The monoisotopic (exact) mass is 246 g/mol. The molecule has 0 aromatic heterocycles. The Morgan fingerprint density at radius 3 is 2.24 bits per heavy atom. The van der Waals surface area contributed by atoms with Gasteiger partial charge in [0.1, 0.15) is 6.42 Å². The number of carbonyl (C=O) groups excluding carboxylic acids is 1. The molecule has 0 atom stereocenters. The van der Waals surface area contributed by atoms with E-state index in [1.807, 2.05) is 0 Å². The molecule has 1 aromatic rings. The first-order chi connectivity index (χ1) is 7.83. The van der Waals surface area contributed by atoms with Gasteiger partial charge in [-0.25, -0.2) is 0 Å². The van der Waals surface area contributed by atoms with Crippen LogP contribution in [-0.2, 0) is 4.79 Å². The molecule has 0 saturated carbocycles. The molecule has 1 aromatic carbocycles. The second-order valence-corrected chi connectivity index (χ2v) is 3.52. The molecule has 0 fully saturated rings. The van der Waals surface area contributed by atoms with Crippen LogP contribution < -0.4 is 10.6 Å². The van der Waals surface area contributed by atoms with Crippen molar-refractivity contribution in [2.45, 2.75) is 19.5 Å². The van der Waals surface area contributed by atoms with Crippen LogP contribution >= 0.6 is 0 Å². The van der Waals surface area contributed by atoms with E-state index in [9.17, 15) is 18.0 Å². The maximum Gasteiger partial charge on any atom is 0.397 e. The lowest BCUT2D eigenvalue weighted by Crippen LogP contribution is -2.34. The molecule has 1 amide bonds. The largest absolute Gasteiger partial charge is 0.399 e. The second kappa shape index (κ2) is 5.07. The molecule has 3 nitrogen and oxygen atoms in total. The minimum atomic E-state index is -4.49. The van der Waals surface area contributed by atoms with Gasteiger partial charge in [-0.3, -0.25) is 4.79 Å². The van der Waals surface area contributed by atoms with Crippen LogP contribution in [0.1, 0.15) is 13.3 Å². The number of hydrogen-bond acceptors (Lipinski definition) is 2. The number of rotatable bonds is 3. The molecule has 0 unspecified atom stereocenters. The number of alkyl halides is 3. The van der Waals surface area contributed by atoms with E-state index in [2.05, 4.69) is 0 Å². The van der Waals surface area contributed by atoms with Gasteiger partial charge >= 0.3 is 6.18 Å². The van der Waals surface area contributed by atoms with Crippen molar-refractivity contribution >= 4 is 17.3 Å². The fourth-order valence-corrected chi connectivity index (χ4v) is 1.42. The van der Waals surface area contributed by atoms with Crippen LogP contribution in [0.4, 0.5) is 24.5 Å². The third kappa shape index (κ3) is 3.97. The highest BCUT2D eigenvalue weighted by atomic mass is 19.4. The van der Waals surface area contributed by atoms with Crippen molar-refractivity contribution in [2.24, 2.45) is 0 Å². The second-order valence-electron chi connectivity index (χ2n) is 3.52. The van der Waals surface area contributed by atoms with Gasteiger partial charge in [-0.15, -0.1) is 0 Å². The predicted octanol–water partition coefficient (Wildman–Crippen LogP) is 2.57. The van der Waals surface area contributed by atoms with E-state index < -0.39 is 18.5 Å². The molecule has 0 aliphatic carbocycles. The fourth-order valence-electron chi connectivity index (χ4n) is 1.42.